The summed E-state index contributed by atoms with van der Waals surface area (Å²) in [5.74, 6) is 0.192. The second-order valence-electron chi connectivity index (χ2n) is 4.42. The van der Waals surface area contributed by atoms with Crippen LogP contribution in [0.1, 0.15) is 13.3 Å². The monoisotopic (exact) mass is 266 g/mol. The van der Waals surface area contributed by atoms with Crippen LogP contribution in [0, 0.1) is 0 Å². The van der Waals surface area contributed by atoms with Gasteiger partial charge < -0.3 is 10.1 Å². The number of nitrogens with zero attached hydrogens (tertiary/aromatic N) is 1. The van der Waals surface area contributed by atoms with Crippen LogP contribution in [0.4, 0.5) is 0 Å². The van der Waals surface area contributed by atoms with Gasteiger partial charge in [0.15, 0.2) is 0 Å². The maximum absolute atomic E-state index is 11.1. The standard InChI is InChI=1S/C11H26N2O3S/c1-5-6-12-9-11(10-16-3)13(2)7-8-17(4,14)15/h11-12H,5-10H2,1-4H3. The molecule has 1 N–H and O–H groups in total. The molecule has 1 unspecified atom stereocenters. The molecule has 0 aromatic carbocycles. The minimum atomic E-state index is -2.90. The minimum absolute atomic E-state index is 0.192. The van der Waals surface area contributed by atoms with Crippen LogP contribution in [0.5, 0.6) is 0 Å². The third kappa shape index (κ3) is 9.52. The summed E-state index contributed by atoms with van der Waals surface area (Å²) in [4.78, 5) is 2.03. The summed E-state index contributed by atoms with van der Waals surface area (Å²) in [7, 11) is 0.701. The van der Waals surface area contributed by atoms with E-state index < -0.39 is 9.84 Å². The molecule has 0 aliphatic carbocycles. The summed E-state index contributed by atoms with van der Waals surface area (Å²) in [5.41, 5.74) is 0. The quantitative estimate of drug-likeness (QED) is 0.563. The van der Waals surface area contributed by atoms with E-state index in [0.29, 0.717) is 13.2 Å². The van der Waals surface area contributed by atoms with E-state index in [1.807, 2.05) is 11.9 Å². The third-order valence-electron chi connectivity index (χ3n) is 2.60. The molecule has 5 nitrogen and oxygen atoms in total. The van der Waals surface area contributed by atoms with Gasteiger partial charge >= 0.3 is 0 Å². The first-order chi connectivity index (χ1) is 7.90. The zero-order valence-corrected chi connectivity index (χ0v) is 12.2. The van der Waals surface area contributed by atoms with E-state index >= 15 is 0 Å². The van der Waals surface area contributed by atoms with Crippen molar-refractivity contribution in [3.05, 3.63) is 0 Å². The number of nitrogens with one attached hydrogen (secondary N) is 1. The highest BCUT2D eigenvalue weighted by molar-refractivity contribution is 7.90. The van der Waals surface area contributed by atoms with Gasteiger partial charge in [-0.3, -0.25) is 4.90 Å². The van der Waals surface area contributed by atoms with Crippen LogP contribution in [-0.4, -0.2) is 71.8 Å². The Morgan fingerprint density at radius 2 is 2.06 bits per heavy atom. The molecule has 0 heterocycles. The fraction of sp³-hybridized carbons (Fsp3) is 1.00. The van der Waals surface area contributed by atoms with Crippen molar-refractivity contribution in [3.63, 3.8) is 0 Å². The van der Waals surface area contributed by atoms with E-state index in [4.69, 9.17) is 4.74 Å². The molecule has 104 valence electrons. The van der Waals surface area contributed by atoms with Crippen molar-refractivity contribution in [2.45, 2.75) is 19.4 Å². The number of likely N-dealkylation sites (N-methyl/N-ethyl adjacent to an activating group) is 1. The van der Waals surface area contributed by atoms with E-state index in [-0.39, 0.29) is 11.8 Å². The van der Waals surface area contributed by atoms with Gasteiger partial charge in [0.25, 0.3) is 0 Å². The van der Waals surface area contributed by atoms with Crippen LogP contribution in [0.3, 0.4) is 0 Å². The molecule has 0 aromatic rings. The maximum Gasteiger partial charge on any atom is 0.148 e. The molecular formula is C11H26N2O3S. The lowest BCUT2D eigenvalue weighted by atomic mass is 10.2. The number of rotatable bonds is 10. The van der Waals surface area contributed by atoms with Gasteiger partial charge in [-0.15, -0.1) is 0 Å². The van der Waals surface area contributed by atoms with Gasteiger partial charge in [0, 0.05) is 32.5 Å². The molecule has 0 aliphatic heterocycles. The normalized spacial score (nSPS) is 14.2. The van der Waals surface area contributed by atoms with Crippen LogP contribution in [0.25, 0.3) is 0 Å². The van der Waals surface area contributed by atoms with E-state index in [1.165, 1.54) is 6.26 Å². The zero-order valence-electron chi connectivity index (χ0n) is 11.4. The molecule has 0 bridgehead atoms. The molecule has 1 atom stereocenters. The Labute approximate surface area is 105 Å². The fourth-order valence-electron chi connectivity index (χ4n) is 1.47. The van der Waals surface area contributed by atoms with Gasteiger partial charge in [-0.1, -0.05) is 6.92 Å². The maximum atomic E-state index is 11.1. The Morgan fingerprint density at radius 1 is 1.41 bits per heavy atom. The van der Waals surface area contributed by atoms with Crippen LogP contribution < -0.4 is 5.32 Å². The topological polar surface area (TPSA) is 58.6 Å². The zero-order chi connectivity index (χ0) is 13.3. The van der Waals surface area contributed by atoms with Crippen molar-refractivity contribution in [1.82, 2.24) is 10.2 Å². The Morgan fingerprint density at radius 3 is 2.53 bits per heavy atom. The van der Waals surface area contributed by atoms with Crippen molar-refractivity contribution in [2.24, 2.45) is 0 Å². The van der Waals surface area contributed by atoms with Crippen molar-refractivity contribution < 1.29 is 13.2 Å². The number of hydrogen-bond donors (Lipinski definition) is 1. The molecular weight excluding hydrogens is 240 g/mol. The smallest absolute Gasteiger partial charge is 0.148 e. The minimum Gasteiger partial charge on any atom is -0.383 e. The van der Waals surface area contributed by atoms with Crippen LogP contribution >= 0.6 is 0 Å². The Balaban J connectivity index is 4.08. The summed E-state index contributed by atoms with van der Waals surface area (Å²) in [6.07, 6.45) is 2.36. The van der Waals surface area contributed by atoms with Gasteiger partial charge in [-0.05, 0) is 20.0 Å². The van der Waals surface area contributed by atoms with E-state index in [2.05, 4.69) is 12.2 Å². The summed E-state index contributed by atoms with van der Waals surface area (Å²) in [6.45, 7) is 5.06. The summed E-state index contributed by atoms with van der Waals surface area (Å²) in [6, 6.07) is 0.216. The molecule has 0 radical (unpaired) electrons. The Bertz CT molecular complexity index is 280. The number of hydrogen-bond acceptors (Lipinski definition) is 5. The van der Waals surface area contributed by atoms with Crippen LogP contribution in [-0.2, 0) is 14.6 Å². The first-order valence-corrected chi connectivity index (χ1v) is 8.04. The van der Waals surface area contributed by atoms with Gasteiger partial charge in [-0.2, -0.15) is 0 Å². The van der Waals surface area contributed by atoms with Crippen molar-refractivity contribution in [3.8, 4) is 0 Å². The first kappa shape index (κ1) is 16.8. The highest BCUT2D eigenvalue weighted by Crippen LogP contribution is 1.98. The van der Waals surface area contributed by atoms with Gasteiger partial charge in [-0.25, -0.2) is 8.42 Å². The van der Waals surface area contributed by atoms with Crippen molar-refractivity contribution in [2.75, 3.05) is 52.4 Å². The molecule has 0 aromatic heterocycles. The molecule has 0 rings (SSSR count). The SMILES string of the molecule is CCCNCC(COC)N(C)CCS(C)(=O)=O. The second kappa shape index (κ2) is 8.85. The van der Waals surface area contributed by atoms with Crippen molar-refractivity contribution >= 4 is 9.84 Å². The predicted octanol–water partition coefficient (Wildman–Crippen LogP) is -0.0226. The fourth-order valence-corrected chi connectivity index (χ4v) is 2.09. The van der Waals surface area contributed by atoms with Gasteiger partial charge in [0.1, 0.15) is 9.84 Å². The van der Waals surface area contributed by atoms with E-state index in [9.17, 15) is 8.42 Å². The summed E-state index contributed by atoms with van der Waals surface area (Å²) in [5, 5.41) is 3.33. The Hall–Kier alpha value is -0.170. The van der Waals surface area contributed by atoms with E-state index in [1.54, 1.807) is 7.11 Å². The van der Waals surface area contributed by atoms with Crippen molar-refractivity contribution in [1.29, 1.82) is 0 Å². The van der Waals surface area contributed by atoms with Crippen LogP contribution in [0.15, 0.2) is 0 Å². The highest BCUT2D eigenvalue weighted by atomic mass is 32.2. The molecule has 0 spiro atoms. The lowest BCUT2D eigenvalue weighted by Crippen LogP contribution is -2.44. The number of sulfone groups is 1. The Kier molecular flexibility index (Phi) is 8.77. The second-order valence-corrected chi connectivity index (χ2v) is 6.68. The largest absolute Gasteiger partial charge is 0.383 e. The average molecular weight is 266 g/mol. The highest BCUT2D eigenvalue weighted by Gasteiger charge is 2.15. The molecule has 17 heavy (non-hydrogen) atoms. The molecule has 0 aliphatic rings. The summed E-state index contributed by atoms with van der Waals surface area (Å²) < 4.78 is 27.4. The van der Waals surface area contributed by atoms with Gasteiger partial charge in [0.05, 0.1) is 12.4 Å². The molecule has 6 heteroatoms. The number of methoxy groups -OCH3 is 1. The van der Waals surface area contributed by atoms with E-state index in [0.717, 1.165) is 19.5 Å². The average Bonchev–Trinajstić information content (AvgIpc) is 2.24. The van der Waals surface area contributed by atoms with Gasteiger partial charge in [0.2, 0.25) is 0 Å². The molecule has 0 saturated heterocycles. The lowest BCUT2D eigenvalue weighted by Gasteiger charge is -2.27. The lowest BCUT2D eigenvalue weighted by molar-refractivity contribution is 0.109. The molecule has 0 fully saturated rings. The molecule has 0 amide bonds. The number of ether oxygens (including phenoxy) is 1. The van der Waals surface area contributed by atoms with Crippen LogP contribution in [0.2, 0.25) is 0 Å². The summed E-state index contributed by atoms with van der Waals surface area (Å²) >= 11 is 0. The first-order valence-electron chi connectivity index (χ1n) is 5.98. The third-order valence-corrected chi connectivity index (χ3v) is 3.53. The molecule has 0 saturated carbocycles. The predicted molar refractivity (Wildman–Crippen MR) is 71.2 cm³/mol.